The highest BCUT2D eigenvalue weighted by Gasteiger charge is 2.51. The summed E-state index contributed by atoms with van der Waals surface area (Å²) in [5.41, 5.74) is 5.18. The van der Waals surface area contributed by atoms with E-state index in [2.05, 4.69) is 6.07 Å². The number of carbonyl (C=O) groups is 1. The normalized spacial score (nSPS) is 19.0. The van der Waals surface area contributed by atoms with Crippen molar-refractivity contribution in [3.8, 4) is 11.8 Å². The van der Waals surface area contributed by atoms with Gasteiger partial charge < -0.3 is 24.5 Å². The van der Waals surface area contributed by atoms with E-state index in [0.29, 0.717) is 11.3 Å². The highest BCUT2D eigenvalue weighted by atomic mass is 16.7. The number of ether oxygens (including phenoxy) is 2. The van der Waals surface area contributed by atoms with Crippen LogP contribution in [0.25, 0.3) is 0 Å². The monoisotopic (exact) mass is 400 g/mol. The van der Waals surface area contributed by atoms with Crippen LogP contribution >= 0.6 is 0 Å². The SMILES string of the molecule is CC(C)=CC(C)(COc1ccc(B2OC(C)(C)C(C)(C)O2)cc1C#N)OC(N)=O. The second-order valence-corrected chi connectivity index (χ2v) is 8.70. The van der Waals surface area contributed by atoms with Gasteiger partial charge in [0.25, 0.3) is 0 Å². The fourth-order valence-electron chi connectivity index (χ4n) is 3.05. The predicted octanol–water partition coefficient (Wildman–Crippen LogP) is 3.06. The summed E-state index contributed by atoms with van der Waals surface area (Å²) < 4.78 is 23.1. The Morgan fingerprint density at radius 2 is 1.86 bits per heavy atom. The van der Waals surface area contributed by atoms with Crippen molar-refractivity contribution in [1.82, 2.24) is 0 Å². The van der Waals surface area contributed by atoms with Crippen molar-refractivity contribution in [2.24, 2.45) is 5.73 Å². The number of amides is 1. The zero-order valence-electron chi connectivity index (χ0n) is 18.2. The molecule has 0 bridgehead atoms. The summed E-state index contributed by atoms with van der Waals surface area (Å²) >= 11 is 0. The molecule has 1 atom stereocenters. The Labute approximate surface area is 172 Å². The third-order valence-corrected chi connectivity index (χ3v) is 5.09. The number of carbonyl (C=O) groups excluding carboxylic acids is 1. The topological polar surface area (TPSA) is 104 Å². The number of nitrogens with two attached hydrogens (primary N) is 1. The van der Waals surface area contributed by atoms with Crippen LogP contribution in [0.1, 0.15) is 54.0 Å². The van der Waals surface area contributed by atoms with E-state index in [1.165, 1.54) is 0 Å². The van der Waals surface area contributed by atoms with Crippen LogP contribution in [0.2, 0.25) is 0 Å². The average Bonchev–Trinajstić information content (AvgIpc) is 2.79. The van der Waals surface area contributed by atoms with Crippen LogP contribution in [0.15, 0.2) is 29.8 Å². The van der Waals surface area contributed by atoms with Gasteiger partial charge in [-0.05, 0) is 72.1 Å². The number of benzene rings is 1. The van der Waals surface area contributed by atoms with Crippen LogP contribution in [0.5, 0.6) is 5.75 Å². The van der Waals surface area contributed by atoms with Gasteiger partial charge in [-0.15, -0.1) is 0 Å². The highest BCUT2D eigenvalue weighted by Crippen LogP contribution is 2.36. The molecule has 0 radical (unpaired) electrons. The van der Waals surface area contributed by atoms with Gasteiger partial charge in [0.1, 0.15) is 18.4 Å². The van der Waals surface area contributed by atoms with E-state index in [-0.39, 0.29) is 6.61 Å². The summed E-state index contributed by atoms with van der Waals surface area (Å²) in [6.45, 7) is 13.3. The molecule has 0 spiro atoms. The molecule has 2 rings (SSSR count). The summed E-state index contributed by atoms with van der Waals surface area (Å²) in [5.74, 6) is 0.370. The number of primary amides is 1. The molecule has 0 saturated carbocycles. The summed E-state index contributed by atoms with van der Waals surface area (Å²) in [4.78, 5) is 11.3. The Morgan fingerprint density at radius 1 is 1.28 bits per heavy atom. The first-order valence-corrected chi connectivity index (χ1v) is 9.45. The standard InChI is InChI=1S/C21H29BN2O5/c1-14(2)11-21(7,27-18(24)25)13-26-17-9-8-16(10-15(17)12-23)22-28-19(3,4)20(5,6)29-22/h8-11H,13H2,1-7H3,(H2,24,25). The van der Waals surface area contributed by atoms with Gasteiger partial charge in [-0.3, -0.25) is 0 Å². The second-order valence-electron chi connectivity index (χ2n) is 8.70. The molecular weight excluding hydrogens is 371 g/mol. The van der Waals surface area contributed by atoms with Crippen LogP contribution in [-0.2, 0) is 14.0 Å². The molecule has 156 valence electrons. The molecule has 1 unspecified atom stereocenters. The molecule has 2 N–H and O–H groups in total. The van der Waals surface area contributed by atoms with Crippen molar-refractivity contribution >= 4 is 18.7 Å². The molecular formula is C21H29BN2O5. The van der Waals surface area contributed by atoms with E-state index in [4.69, 9.17) is 24.5 Å². The zero-order chi connectivity index (χ0) is 22.0. The molecule has 29 heavy (non-hydrogen) atoms. The summed E-state index contributed by atoms with van der Waals surface area (Å²) in [7, 11) is -0.574. The minimum absolute atomic E-state index is 0.00559. The molecule has 7 nitrogen and oxygen atoms in total. The minimum Gasteiger partial charge on any atom is -0.488 e. The number of allylic oxidation sites excluding steroid dienone is 1. The fraction of sp³-hybridized carbons (Fsp3) is 0.524. The molecule has 1 aliphatic heterocycles. The van der Waals surface area contributed by atoms with E-state index < -0.39 is 30.0 Å². The van der Waals surface area contributed by atoms with E-state index in [1.54, 1.807) is 31.2 Å². The Hall–Kier alpha value is -2.50. The first-order valence-electron chi connectivity index (χ1n) is 9.45. The van der Waals surface area contributed by atoms with Crippen molar-refractivity contribution in [3.63, 3.8) is 0 Å². The lowest BCUT2D eigenvalue weighted by Crippen LogP contribution is -2.41. The van der Waals surface area contributed by atoms with Gasteiger partial charge >= 0.3 is 13.2 Å². The lowest BCUT2D eigenvalue weighted by atomic mass is 9.78. The van der Waals surface area contributed by atoms with E-state index in [9.17, 15) is 10.1 Å². The van der Waals surface area contributed by atoms with E-state index >= 15 is 0 Å². The number of hydrogen-bond acceptors (Lipinski definition) is 6. The summed E-state index contributed by atoms with van der Waals surface area (Å²) in [6, 6.07) is 7.30. The number of rotatable bonds is 6. The lowest BCUT2D eigenvalue weighted by Gasteiger charge is -2.32. The molecule has 1 heterocycles. The third-order valence-electron chi connectivity index (χ3n) is 5.09. The zero-order valence-corrected chi connectivity index (χ0v) is 18.2. The quantitative estimate of drug-likeness (QED) is 0.582. The Morgan fingerprint density at radius 3 is 2.34 bits per heavy atom. The van der Waals surface area contributed by atoms with Crippen molar-refractivity contribution in [3.05, 3.63) is 35.4 Å². The summed E-state index contributed by atoms with van der Waals surface area (Å²) in [5, 5.41) is 9.58. The summed E-state index contributed by atoms with van der Waals surface area (Å²) in [6.07, 6.45) is 0.855. The lowest BCUT2D eigenvalue weighted by molar-refractivity contribution is 0.00578. The first kappa shape index (κ1) is 22.8. The van der Waals surface area contributed by atoms with Crippen LogP contribution in [0.3, 0.4) is 0 Å². The highest BCUT2D eigenvalue weighted by molar-refractivity contribution is 6.62. The molecule has 1 amide bonds. The number of hydrogen-bond donors (Lipinski definition) is 1. The van der Waals surface area contributed by atoms with E-state index in [1.807, 2.05) is 41.5 Å². The maximum absolute atomic E-state index is 11.3. The molecule has 0 aromatic heterocycles. The molecule has 1 aliphatic rings. The van der Waals surface area contributed by atoms with Crippen LogP contribution in [0, 0.1) is 11.3 Å². The van der Waals surface area contributed by atoms with Crippen molar-refractivity contribution in [2.45, 2.75) is 65.3 Å². The molecule has 1 saturated heterocycles. The van der Waals surface area contributed by atoms with Gasteiger partial charge in [-0.1, -0.05) is 11.6 Å². The Kier molecular flexibility index (Phi) is 6.36. The van der Waals surface area contributed by atoms with Gasteiger partial charge in [-0.2, -0.15) is 5.26 Å². The molecule has 0 aliphatic carbocycles. The molecule has 1 aromatic rings. The van der Waals surface area contributed by atoms with Gasteiger partial charge in [0, 0.05) is 0 Å². The first-order chi connectivity index (χ1) is 13.3. The van der Waals surface area contributed by atoms with Gasteiger partial charge in [-0.25, -0.2) is 4.79 Å². The average molecular weight is 400 g/mol. The predicted molar refractivity (Wildman–Crippen MR) is 111 cm³/mol. The van der Waals surface area contributed by atoms with Crippen LogP contribution < -0.4 is 15.9 Å². The third kappa shape index (κ3) is 5.31. The van der Waals surface area contributed by atoms with Gasteiger partial charge in [0.2, 0.25) is 0 Å². The Balaban J connectivity index is 2.23. The van der Waals surface area contributed by atoms with Gasteiger partial charge in [0.15, 0.2) is 5.60 Å². The molecule has 1 fully saturated rings. The number of nitrogens with zero attached hydrogens (tertiary/aromatic N) is 1. The molecule has 1 aromatic carbocycles. The smallest absolute Gasteiger partial charge is 0.488 e. The van der Waals surface area contributed by atoms with Crippen molar-refractivity contribution < 1.29 is 23.6 Å². The van der Waals surface area contributed by atoms with Crippen molar-refractivity contribution in [2.75, 3.05) is 6.61 Å². The van der Waals surface area contributed by atoms with Crippen LogP contribution in [-0.4, -0.2) is 36.6 Å². The fourth-order valence-corrected chi connectivity index (χ4v) is 3.05. The number of nitriles is 1. The maximum Gasteiger partial charge on any atom is 0.494 e. The van der Waals surface area contributed by atoms with Crippen LogP contribution in [0.4, 0.5) is 4.79 Å². The molecule has 8 heteroatoms. The Bertz CT molecular complexity index is 839. The van der Waals surface area contributed by atoms with Crippen molar-refractivity contribution in [1.29, 1.82) is 5.26 Å². The maximum atomic E-state index is 11.3. The minimum atomic E-state index is -1.05. The van der Waals surface area contributed by atoms with E-state index in [0.717, 1.165) is 11.0 Å². The van der Waals surface area contributed by atoms with Gasteiger partial charge in [0.05, 0.1) is 16.8 Å². The largest absolute Gasteiger partial charge is 0.494 e. The second kappa shape index (κ2) is 8.09.